The summed E-state index contributed by atoms with van der Waals surface area (Å²) in [6.07, 6.45) is 2.88. The number of likely N-dealkylation sites (tertiary alicyclic amines) is 1. The van der Waals surface area contributed by atoms with E-state index in [0.29, 0.717) is 58.1 Å². The van der Waals surface area contributed by atoms with E-state index in [0.717, 1.165) is 0 Å². The zero-order valence-corrected chi connectivity index (χ0v) is 24.9. The molecule has 2 amide bonds. The number of halogens is 2. The monoisotopic (exact) mass is 620 g/mol. The van der Waals surface area contributed by atoms with E-state index in [1.165, 1.54) is 50.4 Å². The van der Waals surface area contributed by atoms with Gasteiger partial charge in [0.2, 0.25) is 10.0 Å². The number of aromatic nitrogens is 1. The van der Waals surface area contributed by atoms with Crippen molar-refractivity contribution in [3.63, 3.8) is 0 Å². The maximum absolute atomic E-state index is 13.7. The Kier molecular flexibility index (Phi) is 7.62. The molecular weight excluding hydrogens is 590 g/mol. The van der Waals surface area contributed by atoms with E-state index in [1.807, 2.05) is 0 Å². The van der Waals surface area contributed by atoms with Crippen molar-refractivity contribution < 1.29 is 31.2 Å². The number of hydrogen-bond donors (Lipinski definition) is 3. The second-order valence-electron chi connectivity index (χ2n) is 10.8. The van der Waals surface area contributed by atoms with Gasteiger partial charge in [0.1, 0.15) is 23.0 Å². The van der Waals surface area contributed by atoms with E-state index in [4.69, 9.17) is 4.42 Å². The number of sulfonamides is 1. The standard InChI is InChI=1S/C32H30F2N4O5S/c1-3-44(41,42)37-27-15-28-24(29(31(39)35-2)30(43-28)18-6-8-20(33)9-7-18)14-23(27)19-5-4-12-38(17-19)32(40)25-16-36-26-13-21(34)10-11-22(25)26/h6-11,13-16,19,36-37H,3-5,12,17H2,1-2H3,(H,35,39)/t19-/m0/s1. The van der Waals surface area contributed by atoms with Crippen molar-refractivity contribution in [1.29, 1.82) is 0 Å². The zero-order chi connectivity index (χ0) is 31.2. The molecule has 228 valence electrons. The van der Waals surface area contributed by atoms with Crippen molar-refractivity contribution in [2.45, 2.75) is 25.7 Å². The number of H-pyrrole nitrogens is 1. The highest BCUT2D eigenvalue weighted by atomic mass is 32.2. The number of benzene rings is 3. The molecule has 0 aliphatic carbocycles. The first kappa shape index (κ1) is 29.4. The Bertz CT molecular complexity index is 2020. The van der Waals surface area contributed by atoms with Gasteiger partial charge in [0.15, 0.2) is 0 Å². The summed E-state index contributed by atoms with van der Waals surface area (Å²) < 4.78 is 61.7. The van der Waals surface area contributed by atoms with Crippen LogP contribution in [0.25, 0.3) is 33.2 Å². The third-order valence-electron chi connectivity index (χ3n) is 8.09. The van der Waals surface area contributed by atoms with Gasteiger partial charge in [-0.3, -0.25) is 14.3 Å². The average molecular weight is 621 g/mol. The number of amides is 2. The molecule has 1 saturated heterocycles. The van der Waals surface area contributed by atoms with Gasteiger partial charge in [0, 0.05) is 60.2 Å². The lowest BCUT2D eigenvalue weighted by atomic mass is 9.88. The van der Waals surface area contributed by atoms with Crippen LogP contribution in [0.2, 0.25) is 0 Å². The number of aromatic amines is 1. The van der Waals surface area contributed by atoms with E-state index in [-0.39, 0.29) is 41.0 Å². The van der Waals surface area contributed by atoms with Crippen LogP contribution in [-0.2, 0) is 10.0 Å². The van der Waals surface area contributed by atoms with Gasteiger partial charge in [-0.1, -0.05) is 0 Å². The van der Waals surface area contributed by atoms with E-state index in [1.54, 1.807) is 29.3 Å². The molecule has 3 heterocycles. The van der Waals surface area contributed by atoms with Gasteiger partial charge < -0.3 is 19.6 Å². The maximum Gasteiger partial charge on any atom is 0.256 e. The van der Waals surface area contributed by atoms with Gasteiger partial charge in [-0.05, 0) is 73.9 Å². The first-order chi connectivity index (χ1) is 21.1. The molecule has 6 rings (SSSR count). The molecule has 1 atom stereocenters. The summed E-state index contributed by atoms with van der Waals surface area (Å²) >= 11 is 0. The molecular formula is C32H30F2N4O5S. The van der Waals surface area contributed by atoms with Crippen LogP contribution < -0.4 is 10.0 Å². The smallest absolute Gasteiger partial charge is 0.256 e. The first-order valence-electron chi connectivity index (χ1n) is 14.2. The first-order valence-corrected chi connectivity index (χ1v) is 15.9. The predicted molar refractivity (Wildman–Crippen MR) is 164 cm³/mol. The molecule has 9 nitrogen and oxygen atoms in total. The Morgan fingerprint density at radius 2 is 1.80 bits per heavy atom. The predicted octanol–water partition coefficient (Wildman–Crippen LogP) is 6.00. The summed E-state index contributed by atoms with van der Waals surface area (Å²) in [5, 5.41) is 3.70. The maximum atomic E-state index is 13.7. The molecule has 3 N–H and O–H groups in total. The number of fused-ring (bicyclic) bond motifs is 2. The Balaban J connectivity index is 1.45. The SMILES string of the molecule is CCS(=O)(=O)Nc1cc2oc(-c3ccc(F)cc3)c(C(=O)NC)c2cc1[C@H]1CCCN(C(=O)c2c[nH]c3cc(F)ccc23)C1. The highest BCUT2D eigenvalue weighted by Crippen LogP contribution is 2.41. The number of nitrogens with zero attached hydrogens (tertiary/aromatic N) is 1. The summed E-state index contributed by atoms with van der Waals surface area (Å²) in [5.41, 5.74) is 2.83. The molecule has 1 aliphatic heterocycles. The summed E-state index contributed by atoms with van der Waals surface area (Å²) in [7, 11) is -2.21. The van der Waals surface area contributed by atoms with Crippen molar-refractivity contribution in [1.82, 2.24) is 15.2 Å². The summed E-state index contributed by atoms with van der Waals surface area (Å²) in [6, 6.07) is 13.1. The number of anilines is 1. The lowest BCUT2D eigenvalue weighted by Gasteiger charge is -2.34. The fraction of sp³-hybridized carbons (Fsp3) is 0.250. The van der Waals surface area contributed by atoms with Crippen LogP contribution in [-0.4, -0.2) is 56.0 Å². The molecule has 1 aliphatic rings. The number of carbonyl (C=O) groups excluding carboxylic acids is 2. The van der Waals surface area contributed by atoms with Gasteiger partial charge in [-0.25, -0.2) is 17.2 Å². The van der Waals surface area contributed by atoms with Crippen LogP contribution in [0, 0.1) is 11.6 Å². The number of hydrogen-bond acceptors (Lipinski definition) is 5. The molecule has 44 heavy (non-hydrogen) atoms. The highest BCUT2D eigenvalue weighted by molar-refractivity contribution is 7.92. The van der Waals surface area contributed by atoms with E-state index in [9.17, 15) is 26.8 Å². The molecule has 1 fully saturated rings. The van der Waals surface area contributed by atoms with Crippen LogP contribution in [0.4, 0.5) is 14.5 Å². The number of furan rings is 1. The van der Waals surface area contributed by atoms with Crippen LogP contribution in [0.15, 0.2) is 65.2 Å². The Morgan fingerprint density at radius 3 is 2.52 bits per heavy atom. The fourth-order valence-electron chi connectivity index (χ4n) is 5.84. The van der Waals surface area contributed by atoms with Crippen molar-refractivity contribution in [2.75, 3.05) is 30.6 Å². The summed E-state index contributed by atoms with van der Waals surface area (Å²) in [4.78, 5) is 31.5. The Hall–Kier alpha value is -4.71. The van der Waals surface area contributed by atoms with E-state index in [2.05, 4.69) is 15.0 Å². The second kappa shape index (κ2) is 11.4. The minimum absolute atomic E-state index is 0.163. The van der Waals surface area contributed by atoms with Crippen molar-refractivity contribution >= 4 is 49.4 Å². The normalized spacial score (nSPS) is 15.5. The quantitative estimate of drug-likeness (QED) is 0.206. The van der Waals surface area contributed by atoms with E-state index >= 15 is 0 Å². The van der Waals surface area contributed by atoms with Crippen LogP contribution in [0.3, 0.4) is 0 Å². The van der Waals surface area contributed by atoms with Gasteiger partial charge in [-0.15, -0.1) is 0 Å². The minimum Gasteiger partial charge on any atom is -0.455 e. The highest BCUT2D eigenvalue weighted by Gasteiger charge is 2.31. The van der Waals surface area contributed by atoms with Gasteiger partial charge >= 0.3 is 0 Å². The van der Waals surface area contributed by atoms with Crippen LogP contribution in [0.5, 0.6) is 0 Å². The molecule has 0 spiro atoms. The Labute approximate surface area is 252 Å². The topological polar surface area (TPSA) is 125 Å². The molecule has 0 saturated carbocycles. The molecule has 12 heteroatoms. The molecule has 0 bridgehead atoms. The zero-order valence-electron chi connectivity index (χ0n) is 24.0. The molecule has 0 radical (unpaired) electrons. The van der Waals surface area contributed by atoms with Crippen molar-refractivity contribution in [3.05, 3.63) is 89.1 Å². The molecule has 2 aromatic heterocycles. The van der Waals surface area contributed by atoms with Gasteiger partial charge in [-0.2, -0.15) is 0 Å². The minimum atomic E-state index is -3.70. The molecule has 3 aromatic carbocycles. The second-order valence-corrected chi connectivity index (χ2v) is 12.8. The number of carbonyl (C=O) groups is 2. The lowest BCUT2D eigenvalue weighted by Crippen LogP contribution is -2.39. The summed E-state index contributed by atoms with van der Waals surface area (Å²) in [5.74, 6) is -1.73. The number of nitrogens with one attached hydrogen (secondary N) is 3. The third-order valence-corrected chi connectivity index (χ3v) is 9.38. The molecule has 5 aromatic rings. The largest absolute Gasteiger partial charge is 0.455 e. The van der Waals surface area contributed by atoms with Crippen molar-refractivity contribution in [3.8, 4) is 11.3 Å². The van der Waals surface area contributed by atoms with Crippen molar-refractivity contribution in [2.24, 2.45) is 0 Å². The van der Waals surface area contributed by atoms with Gasteiger partial charge in [0.05, 0.1) is 22.6 Å². The van der Waals surface area contributed by atoms with Crippen LogP contribution >= 0.6 is 0 Å². The summed E-state index contributed by atoms with van der Waals surface area (Å²) in [6.45, 7) is 2.31. The Morgan fingerprint density at radius 1 is 1.05 bits per heavy atom. The number of piperidine rings is 1. The number of rotatable bonds is 7. The van der Waals surface area contributed by atoms with Gasteiger partial charge in [0.25, 0.3) is 11.8 Å². The third kappa shape index (κ3) is 5.41. The van der Waals surface area contributed by atoms with Crippen LogP contribution in [0.1, 0.15) is 52.0 Å². The molecule has 0 unspecified atom stereocenters. The van der Waals surface area contributed by atoms with E-state index < -0.39 is 27.6 Å². The average Bonchev–Trinajstić information content (AvgIpc) is 3.61. The lowest BCUT2D eigenvalue weighted by molar-refractivity contribution is 0.0709. The fourth-order valence-corrected chi connectivity index (χ4v) is 6.50.